The summed E-state index contributed by atoms with van der Waals surface area (Å²) >= 11 is 6.30. The number of benzene rings is 1. The number of nitrogens with two attached hydrogens (primary N) is 1. The average Bonchev–Trinajstić information content (AvgIpc) is 2.30. The highest BCUT2D eigenvalue weighted by Gasteiger charge is 2.14. The number of hydrogen-bond acceptors (Lipinski definition) is 3. The first-order valence-electron chi connectivity index (χ1n) is 5.26. The minimum Gasteiger partial charge on any atom is -0.368 e. The Morgan fingerprint density at radius 2 is 2.07 bits per heavy atom. The van der Waals surface area contributed by atoms with Crippen LogP contribution in [-0.4, -0.2) is 26.2 Å². The fraction of sp³-hybridized carbons (Fsp3) is 0.455. The molecule has 2 rings (SSSR count). The van der Waals surface area contributed by atoms with Gasteiger partial charge in [-0.05, 0) is 11.6 Å². The maximum Gasteiger partial charge on any atom is 0.0684 e. The van der Waals surface area contributed by atoms with Crippen molar-refractivity contribution >= 4 is 17.3 Å². The van der Waals surface area contributed by atoms with E-state index in [2.05, 4.69) is 16.3 Å². The molecule has 0 radical (unpaired) electrons. The molecule has 4 heteroatoms. The first kappa shape index (κ1) is 10.7. The first-order valence-corrected chi connectivity index (χ1v) is 5.64. The molecule has 0 spiro atoms. The van der Waals surface area contributed by atoms with Crippen molar-refractivity contribution in [1.82, 2.24) is 5.32 Å². The second-order valence-corrected chi connectivity index (χ2v) is 4.07. The summed E-state index contributed by atoms with van der Waals surface area (Å²) in [5.41, 5.74) is 7.77. The second-order valence-electron chi connectivity index (χ2n) is 3.69. The van der Waals surface area contributed by atoms with E-state index in [1.807, 2.05) is 12.1 Å². The van der Waals surface area contributed by atoms with Crippen molar-refractivity contribution in [2.24, 2.45) is 5.73 Å². The van der Waals surface area contributed by atoms with Gasteiger partial charge in [0.25, 0.3) is 0 Å². The van der Waals surface area contributed by atoms with E-state index in [1.165, 1.54) is 0 Å². The Bertz CT molecular complexity index is 335. The smallest absolute Gasteiger partial charge is 0.0684 e. The highest BCUT2D eigenvalue weighted by molar-refractivity contribution is 6.34. The second kappa shape index (κ2) is 4.84. The van der Waals surface area contributed by atoms with Crippen LogP contribution in [-0.2, 0) is 6.54 Å². The highest BCUT2D eigenvalue weighted by Crippen LogP contribution is 2.29. The molecule has 0 amide bonds. The van der Waals surface area contributed by atoms with Crippen LogP contribution in [0.15, 0.2) is 18.2 Å². The molecule has 82 valence electrons. The topological polar surface area (TPSA) is 41.3 Å². The molecule has 0 saturated carbocycles. The third kappa shape index (κ3) is 2.25. The Morgan fingerprint density at radius 1 is 1.33 bits per heavy atom. The van der Waals surface area contributed by atoms with Gasteiger partial charge in [-0.15, -0.1) is 0 Å². The largest absolute Gasteiger partial charge is 0.368 e. The predicted octanol–water partition coefficient (Wildman–Crippen LogP) is 1.21. The van der Waals surface area contributed by atoms with Crippen LogP contribution in [0.4, 0.5) is 5.69 Å². The molecule has 0 bridgehead atoms. The number of piperazine rings is 1. The van der Waals surface area contributed by atoms with Crippen molar-refractivity contribution in [2.75, 3.05) is 31.1 Å². The molecule has 1 aromatic carbocycles. The summed E-state index contributed by atoms with van der Waals surface area (Å²) in [6, 6.07) is 6.06. The van der Waals surface area contributed by atoms with Gasteiger partial charge in [-0.2, -0.15) is 0 Å². The van der Waals surface area contributed by atoms with Gasteiger partial charge in [0, 0.05) is 32.7 Å². The molecule has 15 heavy (non-hydrogen) atoms. The number of rotatable bonds is 2. The fourth-order valence-corrected chi connectivity index (χ4v) is 2.20. The minimum atomic E-state index is 0.499. The molecule has 1 heterocycles. The zero-order valence-corrected chi connectivity index (χ0v) is 9.43. The summed E-state index contributed by atoms with van der Waals surface area (Å²) in [5.74, 6) is 0. The van der Waals surface area contributed by atoms with Crippen LogP contribution in [0.2, 0.25) is 5.02 Å². The van der Waals surface area contributed by atoms with Gasteiger partial charge in [0.1, 0.15) is 0 Å². The van der Waals surface area contributed by atoms with E-state index in [9.17, 15) is 0 Å². The maximum absolute atomic E-state index is 6.30. The van der Waals surface area contributed by atoms with E-state index in [0.717, 1.165) is 42.5 Å². The summed E-state index contributed by atoms with van der Waals surface area (Å²) in [4.78, 5) is 2.30. The number of hydrogen-bond donors (Lipinski definition) is 2. The molecule has 1 aliphatic rings. The fourth-order valence-electron chi connectivity index (χ4n) is 1.87. The van der Waals surface area contributed by atoms with E-state index in [1.54, 1.807) is 0 Å². The van der Waals surface area contributed by atoms with Gasteiger partial charge in [0.05, 0.1) is 10.7 Å². The van der Waals surface area contributed by atoms with E-state index in [-0.39, 0.29) is 0 Å². The lowest BCUT2D eigenvalue weighted by atomic mass is 10.1. The molecule has 3 nitrogen and oxygen atoms in total. The van der Waals surface area contributed by atoms with Gasteiger partial charge in [-0.1, -0.05) is 23.7 Å². The highest BCUT2D eigenvalue weighted by atomic mass is 35.5. The molecule has 1 aromatic rings. The number of nitrogens with zero attached hydrogens (tertiary/aromatic N) is 1. The van der Waals surface area contributed by atoms with Gasteiger partial charge < -0.3 is 16.0 Å². The Labute approximate surface area is 95.2 Å². The van der Waals surface area contributed by atoms with Gasteiger partial charge in [-0.25, -0.2) is 0 Å². The average molecular weight is 226 g/mol. The monoisotopic (exact) mass is 225 g/mol. The van der Waals surface area contributed by atoms with Crippen molar-refractivity contribution in [1.29, 1.82) is 0 Å². The quantitative estimate of drug-likeness (QED) is 0.795. The van der Waals surface area contributed by atoms with Gasteiger partial charge in [0.2, 0.25) is 0 Å². The van der Waals surface area contributed by atoms with Crippen molar-refractivity contribution < 1.29 is 0 Å². The van der Waals surface area contributed by atoms with Crippen LogP contribution in [0.3, 0.4) is 0 Å². The molecule has 1 fully saturated rings. The van der Waals surface area contributed by atoms with Crippen LogP contribution >= 0.6 is 11.6 Å². The summed E-state index contributed by atoms with van der Waals surface area (Å²) in [6.07, 6.45) is 0. The van der Waals surface area contributed by atoms with Crippen LogP contribution in [0.1, 0.15) is 5.56 Å². The molecule has 0 aliphatic carbocycles. The van der Waals surface area contributed by atoms with Crippen LogP contribution in [0.25, 0.3) is 0 Å². The zero-order chi connectivity index (χ0) is 10.7. The molecule has 1 aliphatic heterocycles. The SMILES string of the molecule is NCc1cccc(N2CCNCC2)c1Cl. The Hall–Kier alpha value is -0.770. The van der Waals surface area contributed by atoms with Gasteiger partial charge >= 0.3 is 0 Å². The van der Waals surface area contributed by atoms with Crippen LogP contribution in [0, 0.1) is 0 Å². The Kier molecular flexibility index (Phi) is 3.46. The predicted molar refractivity (Wildman–Crippen MR) is 64.4 cm³/mol. The Morgan fingerprint density at radius 3 is 2.73 bits per heavy atom. The van der Waals surface area contributed by atoms with Crippen molar-refractivity contribution in [3.05, 3.63) is 28.8 Å². The summed E-state index contributed by atoms with van der Waals surface area (Å²) in [6.45, 7) is 4.55. The molecular formula is C11H16ClN3. The van der Waals surface area contributed by atoms with E-state index in [4.69, 9.17) is 17.3 Å². The van der Waals surface area contributed by atoms with Gasteiger partial charge in [-0.3, -0.25) is 0 Å². The molecule has 0 unspecified atom stereocenters. The molecule has 3 N–H and O–H groups in total. The normalized spacial score (nSPS) is 16.8. The lowest BCUT2D eigenvalue weighted by molar-refractivity contribution is 0.589. The lowest BCUT2D eigenvalue weighted by Crippen LogP contribution is -2.43. The summed E-state index contributed by atoms with van der Waals surface area (Å²) < 4.78 is 0. The van der Waals surface area contributed by atoms with Crippen LogP contribution < -0.4 is 16.0 Å². The molecule has 1 saturated heterocycles. The maximum atomic E-state index is 6.30. The van der Waals surface area contributed by atoms with Gasteiger partial charge in [0.15, 0.2) is 0 Å². The lowest BCUT2D eigenvalue weighted by Gasteiger charge is -2.30. The standard InChI is InChI=1S/C11H16ClN3/c12-11-9(8-13)2-1-3-10(11)15-6-4-14-5-7-15/h1-3,14H,4-8,13H2. The van der Waals surface area contributed by atoms with Crippen molar-refractivity contribution in [2.45, 2.75) is 6.54 Å². The first-order chi connectivity index (χ1) is 7.33. The van der Waals surface area contributed by atoms with Crippen molar-refractivity contribution in [3.63, 3.8) is 0 Å². The molecule has 0 aromatic heterocycles. The minimum absolute atomic E-state index is 0.499. The number of anilines is 1. The number of nitrogens with one attached hydrogen (secondary N) is 1. The van der Waals surface area contributed by atoms with E-state index < -0.39 is 0 Å². The van der Waals surface area contributed by atoms with Crippen LogP contribution in [0.5, 0.6) is 0 Å². The summed E-state index contributed by atoms with van der Waals surface area (Å²) in [5, 5.41) is 4.13. The van der Waals surface area contributed by atoms with E-state index in [0.29, 0.717) is 6.54 Å². The van der Waals surface area contributed by atoms with E-state index >= 15 is 0 Å². The zero-order valence-electron chi connectivity index (χ0n) is 8.67. The Balaban J connectivity index is 2.26. The van der Waals surface area contributed by atoms with Crippen molar-refractivity contribution in [3.8, 4) is 0 Å². The summed E-state index contributed by atoms with van der Waals surface area (Å²) in [7, 11) is 0. The molecular weight excluding hydrogens is 210 g/mol. The third-order valence-corrected chi connectivity index (χ3v) is 3.17. The molecule has 0 atom stereocenters. The third-order valence-electron chi connectivity index (χ3n) is 2.74. The number of halogens is 1.